The Labute approximate surface area is 104 Å². The maximum absolute atomic E-state index is 11.0. The molecule has 16 heavy (non-hydrogen) atoms. The zero-order valence-corrected chi connectivity index (χ0v) is 10.6. The van der Waals surface area contributed by atoms with Gasteiger partial charge in [-0.05, 0) is 6.42 Å². The van der Waals surface area contributed by atoms with Gasteiger partial charge >= 0.3 is 5.69 Å². The highest BCUT2D eigenvalue weighted by Crippen LogP contribution is 2.33. The van der Waals surface area contributed by atoms with Gasteiger partial charge in [0.05, 0.1) is 5.69 Å². The van der Waals surface area contributed by atoms with Gasteiger partial charge in [-0.3, -0.25) is 4.98 Å². The van der Waals surface area contributed by atoms with E-state index in [1.807, 2.05) is 0 Å². The number of rotatable bonds is 6. The number of nitrogens with one attached hydrogen (secondary N) is 2. The van der Waals surface area contributed by atoms with Crippen molar-refractivity contribution in [2.45, 2.75) is 43.4 Å². The predicted molar refractivity (Wildman–Crippen MR) is 65.5 cm³/mol. The van der Waals surface area contributed by atoms with E-state index in [9.17, 15) is 9.90 Å². The summed E-state index contributed by atoms with van der Waals surface area (Å²) < 4.78 is 0. The van der Waals surface area contributed by atoms with Crippen molar-refractivity contribution >= 4 is 23.2 Å². The van der Waals surface area contributed by atoms with Crippen LogP contribution in [0.3, 0.4) is 0 Å². The fraction of sp³-hybridized carbons (Fsp3) is 0.700. The van der Waals surface area contributed by atoms with E-state index in [-0.39, 0.29) is 11.8 Å². The van der Waals surface area contributed by atoms with Crippen molar-refractivity contribution in [3.8, 4) is 5.88 Å². The van der Waals surface area contributed by atoms with Crippen molar-refractivity contribution in [1.29, 1.82) is 0 Å². The van der Waals surface area contributed by atoms with Crippen LogP contribution < -0.4 is 5.69 Å². The van der Waals surface area contributed by atoms with Crippen LogP contribution in [0.1, 0.15) is 44.2 Å². The van der Waals surface area contributed by atoms with E-state index < -0.39 is 10.5 Å². The molecule has 3 N–H and O–H groups in total. The zero-order valence-electron chi connectivity index (χ0n) is 9.09. The minimum Gasteiger partial charge on any atom is -0.493 e. The number of imidazole rings is 1. The lowest BCUT2D eigenvalue weighted by Gasteiger charge is -2.16. The summed E-state index contributed by atoms with van der Waals surface area (Å²) in [6, 6.07) is 0. The third kappa shape index (κ3) is 3.46. The van der Waals surface area contributed by atoms with Gasteiger partial charge in [0.25, 0.3) is 0 Å². The summed E-state index contributed by atoms with van der Waals surface area (Å²) in [5, 5.41) is 9.50. The van der Waals surface area contributed by atoms with Gasteiger partial charge in [-0.2, -0.15) is 0 Å². The van der Waals surface area contributed by atoms with Crippen LogP contribution in [0, 0.1) is 0 Å². The number of hydrogen-bond donors (Lipinski definition) is 3. The van der Waals surface area contributed by atoms with Gasteiger partial charge in [0.1, 0.15) is 4.84 Å². The lowest BCUT2D eigenvalue weighted by atomic mass is 10.00. The van der Waals surface area contributed by atoms with Crippen LogP contribution in [0.5, 0.6) is 5.88 Å². The molecule has 0 radical (unpaired) electrons. The molecule has 1 aromatic heterocycles. The van der Waals surface area contributed by atoms with E-state index in [1.54, 1.807) is 0 Å². The second kappa shape index (κ2) is 6.21. The topological polar surface area (TPSA) is 68.9 Å². The summed E-state index contributed by atoms with van der Waals surface area (Å²) in [6.07, 6.45) is 3.88. The van der Waals surface area contributed by atoms with Gasteiger partial charge in [-0.1, -0.05) is 26.2 Å². The predicted octanol–water partition coefficient (Wildman–Crippen LogP) is 2.88. The van der Waals surface area contributed by atoms with Crippen molar-refractivity contribution < 1.29 is 5.11 Å². The smallest absolute Gasteiger partial charge is 0.325 e. The van der Waals surface area contributed by atoms with Crippen LogP contribution >= 0.6 is 23.2 Å². The van der Waals surface area contributed by atoms with E-state index in [4.69, 9.17) is 23.2 Å². The SMILES string of the molecule is CCCCCC(c1[nH]c(=O)[nH]c1O)C(Cl)Cl. The van der Waals surface area contributed by atoms with Gasteiger partial charge in [0, 0.05) is 5.92 Å². The molecule has 0 bridgehead atoms. The minimum atomic E-state index is -0.644. The molecule has 0 aromatic carbocycles. The van der Waals surface area contributed by atoms with Gasteiger partial charge in [-0.15, -0.1) is 23.2 Å². The maximum Gasteiger partial charge on any atom is 0.325 e. The first-order chi connectivity index (χ1) is 7.56. The normalized spacial score (nSPS) is 13.2. The van der Waals surface area contributed by atoms with Crippen molar-refractivity contribution in [2.24, 2.45) is 0 Å². The van der Waals surface area contributed by atoms with Crippen molar-refractivity contribution in [1.82, 2.24) is 9.97 Å². The Bertz CT molecular complexity index is 373. The molecule has 0 aliphatic heterocycles. The van der Waals surface area contributed by atoms with Crippen molar-refractivity contribution in [3.05, 3.63) is 16.2 Å². The number of halogens is 2. The second-order valence-electron chi connectivity index (χ2n) is 3.78. The molecule has 1 rings (SSSR count). The van der Waals surface area contributed by atoms with E-state index >= 15 is 0 Å². The van der Waals surface area contributed by atoms with Crippen LogP contribution in [0.2, 0.25) is 0 Å². The van der Waals surface area contributed by atoms with Crippen LogP contribution in [-0.4, -0.2) is 19.9 Å². The summed E-state index contributed by atoms with van der Waals surface area (Å²) >= 11 is 11.7. The third-order valence-corrected chi connectivity index (χ3v) is 3.14. The molecule has 0 aliphatic rings. The molecule has 0 fully saturated rings. The summed E-state index contributed by atoms with van der Waals surface area (Å²) in [4.78, 5) is 15.1. The van der Waals surface area contributed by atoms with Crippen molar-refractivity contribution in [3.63, 3.8) is 0 Å². The molecule has 0 amide bonds. The molecule has 0 spiro atoms. The highest BCUT2D eigenvalue weighted by Gasteiger charge is 2.24. The van der Waals surface area contributed by atoms with Crippen LogP contribution in [0.15, 0.2) is 4.79 Å². The highest BCUT2D eigenvalue weighted by atomic mass is 35.5. The lowest BCUT2D eigenvalue weighted by Crippen LogP contribution is -2.10. The average Bonchev–Trinajstić information content (AvgIpc) is 2.52. The average molecular weight is 267 g/mol. The van der Waals surface area contributed by atoms with Gasteiger partial charge < -0.3 is 10.1 Å². The van der Waals surface area contributed by atoms with Crippen LogP contribution in [0.25, 0.3) is 0 Å². The minimum absolute atomic E-state index is 0.169. The number of unbranched alkanes of at least 4 members (excludes halogenated alkanes) is 2. The van der Waals surface area contributed by atoms with E-state index in [1.165, 1.54) is 0 Å². The largest absolute Gasteiger partial charge is 0.493 e. The van der Waals surface area contributed by atoms with Gasteiger partial charge in [0.15, 0.2) is 0 Å². The van der Waals surface area contributed by atoms with Gasteiger partial charge in [-0.25, -0.2) is 4.79 Å². The Kier molecular flexibility index (Phi) is 5.22. The molecule has 92 valence electrons. The quantitative estimate of drug-likeness (QED) is 0.548. The van der Waals surface area contributed by atoms with Crippen molar-refractivity contribution in [2.75, 3.05) is 0 Å². The first-order valence-electron chi connectivity index (χ1n) is 5.35. The zero-order chi connectivity index (χ0) is 12.1. The number of aromatic hydroxyl groups is 1. The first kappa shape index (κ1) is 13.5. The number of alkyl halides is 2. The summed E-state index contributed by atoms with van der Waals surface area (Å²) in [7, 11) is 0. The number of H-pyrrole nitrogens is 2. The fourth-order valence-electron chi connectivity index (χ4n) is 1.67. The number of aromatic nitrogens is 2. The molecule has 0 aliphatic carbocycles. The second-order valence-corrected chi connectivity index (χ2v) is 4.94. The number of hydrogen-bond acceptors (Lipinski definition) is 2. The number of aromatic amines is 2. The Balaban J connectivity index is 2.77. The molecule has 0 saturated heterocycles. The lowest BCUT2D eigenvalue weighted by molar-refractivity contribution is 0.438. The Morgan fingerprint density at radius 3 is 2.44 bits per heavy atom. The van der Waals surface area contributed by atoms with E-state index in [0.29, 0.717) is 5.69 Å². The fourth-order valence-corrected chi connectivity index (χ4v) is 2.17. The summed E-state index contributed by atoms with van der Waals surface area (Å²) in [5.74, 6) is -0.411. The summed E-state index contributed by atoms with van der Waals surface area (Å²) in [6.45, 7) is 2.10. The molecule has 6 heteroatoms. The van der Waals surface area contributed by atoms with E-state index in [2.05, 4.69) is 16.9 Å². The van der Waals surface area contributed by atoms with Crippen LogP contribution in [0.4, 0.5) is 0 Å². The summed E-state index contributed by atoms with van der Waals surface area (Å²) in [5.41, 5.74) is -0.0434. The Morgan fingerprint density at radius 1 is 1.31 bits per heavy atom. The molecule has 1 aromatic rings. The molecule has 1 atom stereocenters. The highest BCUT2D eigenvalue weighted by molar-refractivity contribution is 6.44. The molecular weight excluding hydrogens is 251 g/mol. The Morgan fingerprint density at radius 2 is 2.00 bits per heavy atom. The molecule has 1 heterocycles. The first-order valence-corrected chi connectivity index (χ1v) is 6.22. The molecule has 1 unspecified atom stereocenters. The van der Waals surface area contributed by atoms with Gasteiger partial charge in [0.2, 0.25) is 5.88 Å². The third-order valence-electron chi connectivity index (χ3n) is 2.53. The Hall–Kier alpha value is -0.610. The van der Waals surface area contributed by atoms with Crippen LogP contribution in [-0.2, 0) is 0 Å². The standard InChI is InChI=1S/C10H16Cl2N2O2/c1-2-3-4-5-6(8(11)12)7-9(15)14-10(16)13-7/h6,8,15H,2-5H2,1H3,(H2,13,14,16). The molecule has 0 saturated carbocycles. The maximum atomic E-state index is 11.0. The van der Waals surface area contributed by atoms with E-state index in [0.717, 1.165) is 25.7 Å². The monoisotopic (exact) mass is 266 g/mol. The molecular formula is C10H16Cl2N2O2. The molecule has 4 nitrogen and oxygen atoms in total.